The average Bonchev–Trinajstić information content (AvgIpc) is 3.30. The third kappa shape index (κ3) is 51.8. The second kappa shape index (κ2) is 52.8. The van der Waals surface area contributed by atoms with Gasteiger partial charge >= 0.3 is 17.9 Å². The highest BCUT2D eigenvalue weighted by molar-refractivity contribution is 5.71. The lowest BCUT2D eigenvalue weighted by molar-refractivity contribution is -0.167. The molecule has 0 saturated carbocycles. The third-order valence-electron chi connectivity index (χ3n) is 14.1. The van der Waals surface area contributed by atoms with Gasteiger partial charge in [-0.05, 0) is 31.1 Å². The van der Waals surface area contributed by atoms with Crippen molar-refractivity contribution >= 4 is 17.9 Å². The molecule has 0 aromatic carbocycles. The summed E-state index contributed by atoms with van der Waals surface area (Å²) < 4.78 is 16.9. The van der Waals surface area contributed by atoms with Crippen LogP contribution in [0.2, 0.25) is 0 Å². The summed E-state index contributed by atoms with van der Waals surface area (Å²) in [5, 5.41) is 0. The first-order chi connectivity index (χ1) is 32.3. The SMILES string of the molecule is CCCCCCCCCCCCCCCCCCCCCC(=O)O[C@H](COC(=O)CCCCCCCCCCCCCCC(C)C)COC(=O)CCCCCCCCCCCCC(C)CC. The molecule has 66 heavy (non-hydrogen) atoms. The molecule has 0 heterocycles. The van der Waals surface area contributed by atoms with Crippen molar-refractivity contribution in [2.45, 2.75) is 343 Å². The monoisotopic (exact) mass is 933 g/mol. The van der Waals surface area contributed by atoms with Crippen molar-refractivity contribution in [2.75, 3.05) is 13.2 Å². The third-order valence-corrected chi connectivity index (χ3v) is 14.1. The van der Waals surface area contributed by atoms with E-state index in [1.54, 1.807) is 0 Å². The van der Waals surface area contributed by atoms with E-state index in [1.165, 1.54) is 225 Å². The molecule has 0 spiro atoms. The van der Waals surface area contributed by atoms with Crippen molar-refractivity contribution in [2.24, 2.45) is 11.8 Å². The van der Waals surface area contributed by atoms with E-state index in [2.05, 4.69) is 34.6 Å². The van der Waals surface area contributed by atoms with Crippen LogP contribution in [0.5, 0.6) is 0 Å². The molecule has 0 fully saturated rings. The fourth-order valence-electron chi connectivity index (χ4n) is 9.20. The summed E-state index contributed by atoms with van der Waals surface area (Å²) in [6.45, 7) is 11.4. The molecule has 0 rings (SSSR count). The van der Waals surface area contributed by atoms with Gasteiger partial charge in [0.05, 0.1) is 0 Å². The molecule has 0 aliphatic carbocycles. The van der Waals surface area contributed by atoms with E-state index in [0.717, 1.165) is 69.6 Å². The Bertz CT molecular complexity index is 1010. The predicted octanol–water partition coefficient (Wildman–Crippen LogP) is 19.7. The van der Waals surface area contributed by atoms with Crippen LogP contribution < -0.4 is 0 Å². The van der Waals surface area contributed by atoms with Crippen molar-refractivity contribution in [1.29, 1.82) is 0 Å². The molecule has 0 amide bonds. The molecule has 0 N–H and O–H groups in total. The molecule has 0 aliphatic rings. The summed E-state index contributed by atoms with van der Waals surface area (Å²) >= 11 is 0. The fourth-order valence-corrected chi connectivity index (χ4v) is 9.20. The molecule has 0 bridgehead atoms. The van der Waals surface area contributed by atoms with Crippen LogP contribution in [0, 0.1) is 11.8 Å². The Balaban J connectivity index is 4.29. The number of hydrogen-bond donors (Lipinski definition) is 0. The number of carbonyl (C=O) groups excluding carboxylic acids is 3. The minimum Gasteiger partial charge on any atom is -0.462 e. The molecular formula is C60H116O6. The van der Waals surface area contributed by atoms with Crippen molar-refractivity contribution in [3.63, 3.8) is 0 Å². The van der Waals surface area contributed by atoms with Gasteiger partial charge in [0.2, 0.25) is 0 Å². The molecule has 1 unspecified atom stereocenters. The highest BCUT2D eigenvalue weighted by atomic mass is 16.6. The lowest BCUT2D eigenvalue weighted by Gasteiger charge is -2.18. The van der Waals surface area contributed by atoms with Gasteiger partial charge in [0, 0.05) is 19.3 Å². The molecule has 2 atom stereocenters. The van der Waals surface area contributed by atoms with Crippen LogP contribution in [-0.2, 0) is 28.6 Å². The second-order valence-electron chi connectivity index (χ2n) is 21.4. The van der Waals surface area contributed by atoms with Gasteiger partial charge in [0.15, 0.2) is 6.10 Å². The Kier molecular flexibility index (Phi) is 51.5. The number of esters is 3. The normalized spacial score (nSPS) is 12.5. The number of unbranched alkanes of at least 4 members (excludes halogenated alkanes) is 38. The zero-order valence-electron chi connectivity index (χ0n) is 45.3. The molecule has 6 heteroatoms. The number of ether oxygens (including phenoxy) is 3. The van der Waals surface area contributed by atoms with Crippen LogP contribution in [0.1, 0.15) is 336 Å². The first-order valence-corrected chi connectivity index (χ1v) is 29.8. The van der Waals surface area contributed by atoms with Gasteiger partial charge in [0.1, 0.15) is 13.2 Å². The van der Waals surface area contributed by atoms with E-state index < -0.39 is 6.10 Å². The van der Waals surface area contributed by atoms with E-state index >= 15 is 0 Å². The fraction of sp³-hybridized carbons (Fsp3) is 0.950. The van der Waals surface area contributed by atoms with Crippen molar-refractivity contribution in [3.8, 4) is 0 Å². The van der Waals surface area contributed by atoms with Crippen molar-refractivity contribution in [3.05, 3.63) is 0 Å². The summed E-state index contributed by atoms with van der Waals surface area (Å²) in [4.78, 5) is 38.2. The first-order valence-electron chi connectivity index (χ1n) is 29.8. The van der Waals surface area contributed by atoms with Gasteiger partial charge < -0.3 is 14.2 Å². The summed E-state index contributed by atoms with van der Waals surface area (Å²) in [6, 6.07) is 0. The van der Waals surface area contributed by atoms with Crippen LogP contribution in [0.15, 0.2) is 0 Å². The van der Waals surface area contributed by atoms with Crippen LogP contribution in [-0.4, -0.2) is 37.2 Å². The van der Waals surface area contributed by atoms with Crippen molar-refractivity contribution < 1.29 is 28.6 Å². The quantitative estimate of drug-likeness (QED) is 0.0343. The van der Waals surface area contributed by atoms with Crippen LogP contribution in [0.25, 0.3) is 0 Å². The zero-order valence-corrected chi connectivity index (χ0v) is 45.3. The van der Waals surface area contributed by atoms with Crippen LogP contribution in [0.4, 0.5) is 0 Å². The maximum Gasteiger partial charge on any atom is 0.306 e. The summed E-state index contributed by atoms with van der Waals surface area (Å²) in [5.41, 5.74) is 0. The lowest BCUT2D eigenvalue weighted by atomic mass is 9.99. The zero-order chi connectivity index (χ0) is 48.2. The average molecular weight is 934 g/mol. The first kappa shape index (κ1) is 64.4. The Morgan fingerprint density at radius 1 is 0.318 bits per heavy atom. The number of carbonyl (C=O) groups is 3. The van der Waals surface area contributed by atoms with Gasteiger partial charge in [-0.25, -0.2) is 0 Å². The van der Waals surface area contributed by atoms with E-state index in [4.69, 9.17) is 14.2 Å². The molecule has 0 aromatic heterocycles. The highest BCUT2D eigenvalue weighted by Crippen LogP contribution is 2.19. The summed E-state index contributed by atoms with van der Waals surface area (Å²) in [6.07, 6.45) is 56.6. The Hall–Kier alpha value is -1.59. The smallest absolute Gasteiger partial charge is 0.306 e. The Labute approximate surface area is 412 Å². The van der Waals surface area contributed by atoms with Gasteiger partial charge in [-0.1, -0.05) is 298 Å². The standard InChI is InChI=1S/C60H116O6/c1-6-8-9-10-11-12-13-14-15-16-17-18-19-20-25-32-37-42-47-52-60(63)66-57(54-65-59(62)51-46-41-36-31-27-26-29-34-39-44-49-56(5)7-2)53-64-58(61)50-45-40-35-30-24-22-21-23-28-33-38-43-48-55(3)4/h55-57H,6-54H2,1-5H3/t56?,57-/m1/s1. The summed E-state index contributed by atoms with van der Waals surface area (Å²) in [5.74, 6) is 0.865. The minimum atomic E-state index is -0.763. The molecule has 0 aromatic rings. The molecule has 0 saturated heterocycles. The topological polar surface area (TPSA) is 78.9 Å². The van der Waals surface area contributed by atoms with E-state index in [9.17, 15) is 14.4 Å². The lowest BCUT2D eigenvalue weighted by Crippen LogP contribution is -2.30. The van der Waals surface area contributed by atoms with Crippen LogP contribution >= 0.6 is 0 Å². The summed E-state index contributed by atoms with van der Waals surface area (Å²) in [7, 11) is 0. The maximum absolute atomic E-state index is 12.9. The van der Waals surface area contributed by atoms with Gasteiger partial charge in [-0.2, -0.15) is 0 Å². The maximum atomic E-state index is 12.9. The molecule has 0 radical (unpaired) electrons. The Morgan fingerprint density at radius 2 is 0.576 bits per heavy atom. The molecular weight excluding hydrogens is 817 g/mol. The molecule has 6 nitrogen and oxygen atoms in total. The molecule has 0 aliphatic heterocycles. The Morgan fingerprint density at radius 3 is 0.864 bits per heavy atom. The van der Waals surface area contributed by atoms with Gasteiger partial charge in [-0.15, -0.1) is 0 Å². The predicted molar refractivity (Wildman–Crippen MR) is 284 cm³/mol. The number of rotatable bonds is 54. The van der Waals surface area contributed by atoms with Crippen LogP contribution in [0.3, 0.4) is 0 Å². The molecule has 392 valence electrons. The van der Waals surface area contributed by atoms with E-state index in [1.807, 2.05) is 0 Å². The minimum absolute atomic E-state index is 0.0629. The number of hydrogen-bond acceptors (Lipinski definition) is 6. The van der Waals surface area contributed by atoms with Gasteiger partial charge in [-0.3, -0.25) is 14.4 Å². The van der Waals surface area contributed by atoms with Gasteiger partial charge in [0.25, 0.3) is 0 Å². The highest BCUT2D eigenvalue weighted by Gasteiger charge is 2.19. The van der Waals surface area contributed by atoms with E-state index in [0.29, 0.717) is 19.3 Å². The van der Waals surface area contributed by atoms with Crippen molar-refractivity contribution in [1.82, 2.24) is 0 Å². The largest absolute Gasteiger partial charge is 0.462 e. The second-order valence-corrected chi connectivity index (χ2v) is 21.4. The van der Waals surface area contributed by atoms with E-state index in [-0.39, 0.29) is 31.1 Å².